The Kier molecular flexibility index (Phi) is 6.75. The summed E-state index contributed by atoms with van der Waals surface area (Å²) in [5.41, 5.74) is 8.02. The number of carbonyl (C=O) groups excluding carboxylic acids is 1. The van der Waals surface area contributed by atoms with Crippen molar-refractivity contribution in [3.05, 3.63) is 23.8 Å². The minimum absolute atomic E-state index is 0.0450. The van der Waals surface area contributed by atoms with E-state index < -0.39 is 0 Å². The van der Waals surface area contributed by atoms with Crippen LogP contribution >= 0.6 is 0 Å². The van der Waals surface area contributed by atoms with Crippen molar-refractivity contribution in [3.8, 4) is 6.01 Å². The summed E-state index contributed by atoms with van der Waals surface area (Å²) in [5, 5.41) is 2.84. The number of hydrogen-bond donors (Lipinski definition) is 2. The molecule has 3 aliphatic rings. The van der Waals surface area contributed by atoms with Gasteiger partial charge in [-0.3, -0.25) is 9.69 Å². The fourth-order valence-electron chi connectivity index (χ4n) is 4.56. The molecule has 1 aromatic heterocycles. The Morgan fingerprint density at radius 2 is 2.03 bits per heavy atom. The van der Waals surface area contributed by atoms with Crippen LogP contribution in [0.15, 0.2) is 23.8 Å². The summed E-state index contributed by atoms with van der Waals surface area (Å²) < 4.78 is 5.95. The van der Waals surface area contributed by atoms with Crippen LogP contribution in [0.2, 0.25) is 0 Å². The van der Waals surface area contributed by atoms with Crippen molar-refractivity contribution in [2.45, 2.75) is 52.1 Å². The number of nitrogens with zero attached hydrogens (tertiary/aromatic N) is 4. The van der Waals surface area contributed by atoms with E-state index in [1.165, 1.54) is 31.5 Å². The van der Waals surface area contributed by atoms with E-state index in [0.717, 1.165) is 25.8 Å². The first-order valence-electron chi connectivity index (χ1n) is 11.5. The molecule has 0 spiro atoms. The van der Waals surface area contributed by atoms with Crippen molar-refractivity contribution < 1.29 is 9.53 Å². The third-order valence-electron chi connectivity index (χ3n) is 6.26. The first kappa shape index (κ1) is 21.6. The molecule has 2 aliphatic heterocycles. The van der Waals surface area contributed by atoms with Crippen molar-refractivity contribution in [2.24, 2.45) is 5.92 Å². The van der Waals surface area contributed by atoms with Gasteiger partial charge >= 0.3 is 6.01 Å². The third-order valence-corrected chi connectivity index (χ3v) is 6.26. The van der Waals surface area contributed by atoms with E-state index in [1.807, 2.05) is 4.90 Å². The lowest BCUT2D eigenvalue weighted by Gasteiger charge is -2.33. The van der Waals surface area contributed by atoms with Crippen molar-refractivity contribution in [2.75, 3.05) is 48.7 Å². The summed E-state index contributed by atoms with van der Waals surface area (Å²) in [4.78, 5) is 25.8. The first-order chi connectivity index (χ1) is 15.1. The summed E-state index contributed by atoms with van der Waals surface area (Å²) in [6.45, 7) is 8.48. The molecule has 3 heterocycles. The lowest BCUT2D eigenvalue weighted by molar-refractivity contribution is -0.115. The smallest absolute Gasteiger partial charge is 0.320 e. The zero-order valence-corrected chi connectivity index (χ0v) is 18.6. The van der Waals surface area contributed by atoms with Crippen LogP contribution in [0.3, 0.4) is 0 Å². The van der Waals surface area contributed by atoms with E-state index in [9.17, 15) is 4.79 Å². The molecule has 1 fully saturated rings. The van der Waals surface area contributed by atoms with Crippen LogP contribution in [-0.2, 0) is 4.79 Å². The summed E-state index contributed by atoms with van der Waals surface area (Å²) in [7, 11) is 0. The number of ether oxygens (including phenoxy) is 1. The number of carbonyl (C=O) groups is 1. The maximum absolute atomic E-state index is 12.3. The molecule has 1 atom stereocenters. The SMILES string of the molecule is CCC(CC)Oc1nc(N)c2c(n1)N(CC1C=C(CN3CCCC3)C=CC1)CC(=O)N2. The Morgan fingerprint density at radius 1 is 1.26 bits per heavy atom. The Bertz CT molecular complexity index is 858. The minimum Gasteiger partial charge on any atom is -0.460 e. The van der Waals surface area contributed by atoms with Crippen LogP contribution in [0.1, 0.15) is 46.0 Å². The number of aromatic nitrogens is 2. The molecule has 0 bridgehead atoms. The minimum atomic E-state index is -0.0934. The molecule has 31 heavy (non-hydrogen) atoms. The van der Waals surface area contributed by atoms with Gasteiger partial charge in [-0.15, -0.1) is 0 Å². The summed E-state index contributed by atoms with van der Waals surface area (Å²) in [6, 6.07) is 0.278. The summed E-state index contributed by atoms with van der Waals surface area (Å²) in [6.07, 6.45) is 12.2. The number of allylic oxidation sites excluding steroid dienone is 1. The molecule has 0 aromatic carbocycles. The quantitative estimate of drug-likeness (QED) is 0.660. The maximum atomic E-state index is 12.3. The van der Waals surface area contributed by atoms with Crippen LogP contribution in [0, 0.1) is 5.92 Å². The topological polar surface area (TPSA) is 96.6 Å². The number of rotatable bonds is 8. The van der Waals surface area contributed by atoms with Gasteiger partial charge < -0.3 is 20.7 Å². The predicted octanol–water partition coefficient (Wildman–Crippen LogP) is 2.98. The molecule has 8 nitrogen and oxygen atoms in total. The molecule has 1 aliphatic carbocycles. The van der Waals surface area contributed by atoms with Crippen molar-refractivity contribution in [3.63, 3.8) is 0 Å². The second-order valence-corrected chi connectivity index (χ2v) is 8.70. The van der Waals surface area contributed by atoms with Gasteiger partial charge in [0, 0.05) is 13.1 Å². The molecule has 8 heteroatoms. The lowest BCUT2D eigenvalue weighted by Crippen LogP contribution is -2.42. The van der Waals surface area contributed by atoms with Crippen molar-refractivity contribution >= 4 is 23.2 Å². The maximum Gasteiger partial charge on any atom is 0.320 e. The van der Waals surface area contributed by atoms with Gasteiger partial charge in [0.2, 0.25) is 5.91 Å². The Balaban J connectivity index is 1.52. The largest absolute Gasteiger partial charge is 0.460 e. The van der Waals surface area contributed by atoms with Gasteiger partial charge in [-0.2, -0.15) is 9.97 Å². The van der Waals surface area contributed by atoms with E-state index >= 15 is 0 Å². The lowest BCUT2D eigenvalue weighted by atomic mass is 9.95. The number of nitrogens with two attached hydrogens (primary N) is 1. The normalized spacial score (nSPS) is 21.3. The van der Waals surface area contributed by atoms with Gasteiger partial charge in [-0.1, -0.05) is 32.1 Å². The number of hydrogen-bond acceptors (Lipinski definition) is 7. The Labute approximate surface area is 184 Å². The highest BCUT2D eigenvalue weighted by Gasteiger charge is 2.29. The molecule has 4 rings (SSSR count). The van der Waals surface area contributed by atoms with E-state index in [4.69, 9.17) is 10.5 Å². The zero-order chi connectivity index (χ0) is 21.8. The second-order valence-electron chi connectivity index (χ2n) is 8.70. The molecule has 1 saturated heterocycles. The van der Waals surface area contributed by atoms with Crippen LogP contribution in [0.4, 0.5) is 17.3 Å². The molecule has 0 saturated carbocycles. The number of amides is 1. The predicted molar refractivity (Wildman–Crippen MR) is 123 cm³/mol. The van der Waals surface area contributed by atoms with Gasteiger partial charge in [0.25, 0.3) is 0 Å². The molecule has 168 valence electrons. The number of nitrogens with one attached hydrogen (secondary N) is 1. The van der Waals surface area contributed by atoms with E-state index in [1.54, 1.807) is 0 Å². The van der Waals surface area contributed by atoms with Crippen molar-refractivity contribution in [1.82, 2.24) is 14.9 Å². The summed E-state index contributed by atoms with van der Waals surface area (Å²) in [5.74, 6) is 1.12. The average Bonchev–Trinajstić information content (AvgIpc) is 3.26. The molecule has 1 unspecified atom stereocenters. The van der Waals surface area contributed by atoms with Crippen molar-refractivity contribution in [1.29, 1.82) is 0 Å². The number of likely N-dealkylation sites (tertiary alicyclic amines) is 1. The molecular weight excluding hydrogens is 392 g/mol. The Hall–Kier alpha value is -2.61. The Morgan fingerprint density at radius 3 is 2.77 bits per heavy atom. The van der Waals surface area contributed by atoms with Gasteiger partial charge in [0.1, 0.15) is 11.8 Å². The van der Waals surface area contributed by atoms with Gasteiger partial charge in [0.05, 0.1) is 6.54 Å². The summed E-state index contributed by atoms with van der Waals surface area (Å²) >= 11 is 0. The number of fused-ring (bicyclic) bond motifs is 1. The second kappa shape index (κ2) is 9.68. The molecule has 1 aromatic rings. The third kappa shape index (κ3) is 5.18. The van der Waals surface area contributed by atoms with Gasteiger partial charge in [-0.25, -0.2) is 0 Å². The molecule has 1 amide bonds. The van der Waals surface area contributed by atoms with Crippen LogP contribution in [0.25, 0.3) is 0 Å². The van der Waals surface area contributed by atoms with Gasteiger partial charge in [0.15, 0.2) is 11.6 Å². The van der Waals surface area contributed by atoms with Crippen LogP contribution in [-0.4, -0.2) is 59.6 Å². The van der Waals surface area contributed by atoms with Gasteiger partial charge in [-0.05, 0) is 56.7 Å². The van der Waals surface area contributed by atoms with E-state index in [0.29, 0.717) is 24.0 Å². The molecule has 0 radical (unpaired) electrons. The standard InChI is InChI=1S/C23H34N6O2/c1-3-18(4-2)31-23-26-21(24)20-22(27-23)29(15-19(30)25-20)14-17-9-7-8-16(12-17)13-28-10-5-6-11-28/h7-8,12,17-18H,3-6,9-11,13-15H2,1-2H3,(H,25,30)(H2,24,26,27). The highest BCUT2D eigenvalue weighted by Crippen LogP contribution is 2.35. The van der Waals surface area contributed by atoms with Crippen LogP contribution in [0.5, 0.6) is 6.01 Å². The highest BCUT2D eigenvalue weighted by atomic mass is 16.5. The highest BCUT2D eigenvalue weighted by molar-refractivity contribution is 6.03. The number of anilines is 3. The first-order valence-corrected chi connectivity index (χ1v) is 11.5. The fraction of sp³-hybridized carbons (Fsp3) is 0.609. The van der Waals surface area contributed by atoms with Crippen LogP contribution < -0.4 is 20.7 Å². The average molecular weight is 427 g/mol. The van der Waals surface area contributed by atoms with E-state index in [2.05, 4.69) is 52.3 Å². The molecular formula is C23H34N6O2. The number of nitrogen functional groups attached to an aromatic ring is 1. The fourth-order valence-corrected chi connectivity index (χ4v) is 4.56. The zero-order valence-electron chi connectivity index (χ0n) is 18.6. The molecule has 3 N–H and O–H groups in total. The monoisotopic (exact) mass is 426 g/mol. The van der Waals surface area contributed by atoms with E-state index in [-0.39, 0.29) is 30.4 Å².